The zero-order valence-corrected chi connectivity index (χ0v) is 12.9. The SMILES string of the molecule is CC(C)N(Cc1ccccc1)CC1Cc2ccccc2N1. The van der Waals surface area contributed by atoms with Crippen molar-refractivity contribution >= 4 is 5.69 Å². The first-order valence-corrected chi connectivity index (χ1v) is 7.85. The highest BCUT2D eigenvalue weighted by molar-refractivity contribution is 5.56. The molecule has 1 aliphatic rings. The molecule has 0 fully saturated rings. The fourth-order valence-corrected chi connectivity index (χ4v) is 3.04. The van der Waals surface area contributed by atoms with Gasteiger partial charge in [-0.3, -0.25) is 4.90 Å². The largest absolute Gasteiger partial charge is 0.380 e. The van der Waals surface area contributed by atoms with Crippen LogP contribution in [0.15, 0.2) is 54.6 Å². The van der Waals surface area contributed by atoms with E-state index in [1.54, 1.807) is 0 Å². The first kappa shape index (κ1) is 14.2. The number of anilines is 1. The molecule has 0 aliphatic carbocycles. The van der Waals surface area contributed by atoms with Gasteiger partial charge in [0.15, 0.2) is 0 Å². The fourth-order valence-electron chi connectivity index (χ4n) is 3.04. The summed E-state index contributed by atoms with van der Waals surface area (Å²) in [5, 5.41) is 3.66. The van der Waals surface area contributed by atoms with Crippen molar-refractivity contribution in [3.8, 4) is 0 Å². The van der Waals surface area contributed by atoms with Crippen LogP contribution in [0.4, 0.5) is 5.69 Å². The predicted molar refractivity (Wildman–Crippen MR) is 89.5 cm³/mol. The third kappa shape index (κ3) is 3.45. The number of rotatable bonds is 5. The molecule has 0 radical (unpaired) electrons. The van der Waals surface area contributed by atoms with Gasteiger partial charge >= 0.3 is 0 Å². The first-order valence-electron chi connectivity index (χ1n) is 7.85. The minimum absolute atomic E-state index is 0.522. The smallest absolute Gasteiger partial charge is 0.0429 e. The van der Waals surface area contributed by atoms with E-state index >= 15 is 0 Å². The third-order valence-electron chi connectivity index (χ3n) is 4.26. The van der Waals surface area contributed by atoms with Crippen LogP contribution in [0.25, 0.3) is 0 Å². The Labute approximate surface area is 127 Å². The second-order valence-electron chi connectivity index (χ2n) is 6.21. The molecule has 2 aromatic rings. The van der Waals surface area contributed by atoms with Gasteiger partial charge in [0.25, 0.3) is 0 Å². The highest BCUT2D eigenvalue weighted by atomic mass is 15.2. The average molecular weight is 280 g/mol. The lowest BCUT2D eigenvalue weighted by molar-refractivity contribution is 0.205. The standard InChI is InChI=1S/C19H24N2/c1-15(2)21(13-16-8-4-3-5-9-16)14-18-12-17-10-6-7-11-19(17)20-18/h3-11,15,18,20H,12-14H2,1-2H3. The Morgan fingerprint density at radius 3 is 2.48 bits per heavy atom. The summed E-state index contributed by atoms with van der Waals surface area (Å²) in [5.74, 6) is 0. The highest BCUT2D eigenvalue weighted by Crippen LogP contribution is 2.26. The van der Waals surface area contributed by atoms with E-state index in [9.17, 15) is 0 Å². The third-order valence-corrected chi connectivity index (χ3v) is 4.26. The maximum absolute atomic E-state index is 3.66. The molecule has 0 aromatic heterocycles. The molecule has 0 saturated heterocycles. The van der Waals surface area contributed by atoms with Gasteiger partial charge in [-0.15, -0.1) is 0 Å². The number of fused-ring (bicyclic) bond motifs is 1. The summed E-state index contributed by atoms with van der Waals surface area (Å²) in [4.78, 5) is 2.55. The molecule has 1 aliphatic heterocycles. The molecule has 110 valence electrons. The van der Waals surface area contributed by atoms with Crippen molar-refractivity contribution in [2.75, 3.05) is 11.9 Å². The summed E-state index contributed by atoms with van der Waals surface area (Å²) in [6, 6.07) is 20.5. The molecule has 0 saturated carbocycles. The van der Waals surface area contributed by atoms with Gasteiger partial charge in [0.05, 0.1) is 0 Å². The number of nitrogens with zero attached hydrogens (tertiary/aromatic N) is 1. The van der Waals surface area contributed by atoms with Crippen molar-refractivity contribution in [3.05, 3.63) is 65.7 Å². The van der Waals surface area contributed by atoms with E-state index in [1.807, 2.05) is 0 Å². The Bertz CT molecular complexity index is 552. The van der Waals surface area contributed by atoms with Gasteiger partial charge in [-0.05, 0) is 37.5 Å². The Morgan fingerprint density at radius 1 is 1.05 bits per heavy atom. The molecule has 1 unspecified atom stereocenters. The van der Waals surface area contributed by atoms with Gasteiger partial charge in [-0.1, -0.05) is 48.5 Å². The molecule has 2 aromatic carbocycles. The maximum Gasteiger partial charge on any atom is 0.0429 e. The van der Waals surface area contributed by atoms with Crippen molar-refractivity contribution in [2.24, 2.45) is 0 Å². The molecule has 0 amide bonds. The van der Waals surface area contributed by atoms with Crippen LogP contribution in [-0.2, 0) is 13.0 Å². The van der Waals surface area contributed by atoms with Crippen LogP contribution < -0.4 is 5.32 Å². The van der Waals surface area contributed by atoms with Crippen molar-refractivity contribution in [1.29, 1.82) is 0 Å². The molecule has 21 heavy (non-hydrogen) atoms. The Kier molecular flexibility index (Phi) is 4.26. The Balaban J connectivity index is 1.64. The molecular weight excluding hydrogens is 256 g/mol. The van der Waals surface area contributed by atoms with Crippen LogP contribution >= 0.6 is 0 Å². The highest BCUT2D eigenvalue weighted by Gasteiger charge is 2.23. The predicted octanol–water partition coefficient (Wildman–Crippen LogP) is 3.93. The molecular formula is C19H24N2. The summed E-state index contributed by atoms with van der Waals surface area (Å²) < 4.78 is 0. The summed E-state index contributed by atoms with van der Waals surface area (Å²) in [5.41, 5.74) is 4.15. The maximum atomic E-state index is 3.66. The van der Waals surface area contributed by atoms with E-state index in [2.05, 4.69) is 78.7 Å². The number of nitrogens with one attached hydrogen (secondary N) is 1. The summed E-state index contributed by atoms with van der Waals surface area (Å²) >= 11 is 0. The zero-order chi connectivity index (χ0) is 14.7. The van der Waals surface area contributed by atoms with Gasteiger partial charge in [-0.25, -0.2) is 0 Å². The lowest BCUT2D eigenvalue weighted by atomic mass is 10.1. The molecule has 2 heteroatoms. The average Bonchev–Trinajstić information content (AvgIpc) is 2.90. The first-order chi connectivity index (χ1) is 10.2. The van der Waals surface area contributed by atoms with Crippen LogP contribution in [0.5, 0.6) is 0 Å². The van der Waals surface area contributed by atoms with E-state index in [1.165, 1.54) is 16.8 Å². The lowest BCUT2D eigenvalue weighted by Crippen LogP contribution is -2.39. The molecule has 1 heterocycles. The zero-order valence-electron chi connectivity index (χ0n) is 12.9. The fraction of sp³-hybridized carbons (Fsp3) is 0.368. The van der Waals surface area contributed by atoms with Crippen molar-refractivity contribution < 1.29 is 0 Å². The van der Waals surface area contributed by atoms with Gasteiger partial charge in [0.2, 0.25) is 0 Å². The van der Waals surface area contributed by atoms with Crippen LogP contribution in [0.3, 0.4) is 0 Å². The molecule has 1 N–H and O–H groups in total. The molecule has 0 bridgehead atoms. The van der Waals surface area contributed by atoms with Gasteiger partial charge < -0.3 is 5.32 Å². The van der Waals surface area contributed by atoms with Crippen LogP contribution in [0.2, 0.25) is 0 Å². The Hall–Kier alpha value is -1.80. The summed E-state index contributed by atoms with van der Waals surface area (Å²) in [7, 11) is 0. The minimum atomic E-state index is 0.522. The van der Waals surface area contributed by atoms with Crippen molar-refractivity contribution in [2.45, 2.75) is 38.9 Å². The van der Waals surface area contributed by atoms with Crippen LogP contribution in [-0.4, -0.2) is 23.5 Å². The van der Waals surface area contributed by atoms with Crippen LogP contribution in [0.1, 0.15) is 25.0 Å². The van der Waals surface area contributed by atoms with Gasteiger partial charge in [-0.2, -0.15) is 0 Å². The van der Waals surface area contributed by atoms with E-state index in [-0.39, 0.29) is 0 Å². The number of para-hydroxylation sites is 1. The number of hydrogen-bond donors (Lipinski definition) is 1. The van der Waals surface area contributed by atoms with Crippen molar-refractivity contribution in [1.82, 2.24) is 4.90 Å². The summed E-state index contributed by atoms with van der Waals surface area (Å²) in [6.07, 6.45) is 1.13. The topological polar surface area (TPSA) is 15.3 Å². The van der Waals surface area contributed by atoms with Crippen molar-refractivity contribution in [3.63, 3.8) is 0 Å². The molecule has 0 spiro atoms. The summed E-state index contributed by atoms with van der Waals surface area (Å²) in [6.45, 7) is 6.67. The molecule has 3 rings (SSSR count). The quantitative estimate of drug-likeness (QED) is 0.892. The normalized spacial score (nSPS) is 17.0. The Morgan fingerprint density at radius 2 is 1.76 bits per heavy atom. The second kappa shape index (κ2) is 6.31. The van der Waals surface area contributed by atoms with E-state index < -0.39 is 0 Å². The molecule has 1 atom stereocenters. The molecule has 2 nitrogen and oxygen atoms in total. The number of hydrogen-bond acceptors (Lipinski definition) is 2. The lowest BCUT2D eigenvalue weighted by Gasteiger charge is -2.29. The van der Waals surface area contributed by atoms with Gasteiger partial charge in [0, 0.05) is 30.9 Å². The van der Waals surface area contributed by atoms with E-state index in [0.29, 0.717) is 12.1 Å². The van der Waals surface area contributed by atoms with Crippen LogP contribution in [0, 0.1) is 0 Å². The van der Waals surface area contributed by atoms with Gasteiger partial charge in [0.1, 0.15) is 0 Å². The number of benzene rings is 2. The second-order valence-corrected chi connectivity index (χ2v) is 6.21. The van der Waals surface area contributed by atoms with E-state index in [4.69, 9.17) is 0 Å². The minimum Gasteiger partial charge on any atom is -0.380 e. The van der Waals surface area contributed by atoms with E-state index in [0.717, 1.165) is 19.5 Å². The monoisotopic (exact) mass is 280 g/mol.